The molecule has 2 rings (SSSR count). The van der Waals surface area contributed by atoms with Crippen LogP contribution in [0, 0.1) is 6.92 Å². The summed E-state index contributed by atoms with van der Waals surface area (Å²) in [6.07, 6.45) is 1.89. The van der Waals surface area contributed by atoms with Crippen molar-refractivity contribution < 1.29 is 0 Å². The van der Waals surface area contributed by atoms with Gasteiger partial charge in [-0.15, -0.1) is 0 Å². The second kappa shape index (κ2) is 4.94. The number of aryl methyl sites for hydroxylation is 1. The topological polar surface area (TPSA) is 19.4 Å². The number of aromatic nitrogens is 1. The lowest BCUT2D eigenvalue weighted by Crippen LogP contribution is -2.55. The average molecular weight is 298 g/mol. The maximum atomic E-state index is 4.52. The van der Waals surface area contributed by atoms with Crippen LogP contribution in [0.25, 0.3) is 0 Å². The number of hydrogen-bond donors (Lipinski definition) is 0. The first-order chi connectivity index (χ1) is 8.00. The fourth-order valence-electron chi connectivity index (χ4n) is 2.32. The van der Waals surface area contributed by atoms with Crippen LogP contribution < -0.4 is 4.90 Å². The third-order valence-corrected chi connectivity index (χ3v) is 4.70. The van der Waals surface area contributed by atoms with E-state index in [1.165, 1.54) is 5.56 Å². The van der Waals surface area contributed by atoms with Crippen LogP contribution in [-0.4, -0.2) is 42.1 Å². The molecule has 2 heterocycles. The van der Waals surface area contributed by atoms with E-state index in [1.807, 2.05) is 12.3 Å². The van der Waals surface area contributed by atoms with E-state index >= 15 is 0 Å². The maximum absolute atomic E-state index is 4.52. The Morgan fingerprint density at radius 2 is 1.88 bits per heavy atom. The molecule has 0 N–H and O–H groups in total. The molecular formula is C13H20BrN3. The van der Waals surface area contributed by atoms with Crippen molar-refractivity contribution in [3.05, 3.63) is 22.3 Å². The van der Waals surface area contributed by atoms with Crippen molar-refractivity contribution in [3.8, 4) is 0 Å². The highest BCUT2D eigenvalue weighted by molar-refractivity contribution is 9.10. The minimum Gasteiger partial charge on any atom is -0.353 e. The van der Waals surface area contributed by atoms with E-state index in [0.29, 0.717) is 12.1 Å². The third kappa shape index (κ3) is 2.47. The second-order valence-electron chi connectivity index (χ2n) is 5.03. The number of pyridine rings is 1. The summed E-state index contributed by atoms with van der Waals surface area (Å²) in [5, 5.41) is 0. The number of halogens is 1. The number of likely N-dealkylation sites (N-methyl/N-ethyl adjacent to an activating group) is 1. The van der Waals surface area contributed by atoms with E-state index in [4.69, 9.17) is 0 Å². The highest BCUT2D eigenvalue weighted by Crippen LogP contribution is 2.29. The highest BCUT2D eigenvalue weighted by Gasteiger charge is 2.28. The van der Waals surface area contributed by atoms with Crippen LogP contribution in [0.3, 0.4) is 0 Å². The first-order valence-corrected chi connectivity index (χ1v) is 6.88. The van der Waals surface area contributed by atoms with Gasteiger partial charge in [-0.25, -0.2) is 4.98 Å². The van der Waals surface area contributed by atoms with Gasteiger partial charge < -0.3 is 4.90 Å². The summed E-state index contributed by atoms with van der Waals surface area (Å²) in [7, 11) is 2.20. The Balaban J connectivity index is 2.26. The molecule has 0 saturated carbocycles. The van der Waals surface area contributed by atoms with Crippen LogP contribution in [0.5, 0.6) is 0 Å². The lowest BCUT2D eigenvalue weighted by molar-refractivity contribution is 0.169. The van der Waals surface area contributed by atoms with Crippen LogP contribution >= 0.6 is 15.9 Å². The molecule has 1 aromatic heterocycles. The van der Waals surface area contributed by atoms with Crippen molar-refractivity contribution in [2.45, 2.75) is 32.9 Å². The summed E-state index contributed by atoms with van der Waals surface area (Å²) in [4.78, 5) is 9.33. The number of nitrogens with zero attached hydrogens (tertiary/aromatic N) is 3. The molecule has 2 unspecified atom stereocenters. The Kier molecular flexibility index (Phi) is 3.73. The SMILES string of the molecule is Cc1ccnc(N2CC(C)N(C)C(C)C2)c1Br. The standard InChI is InChI=1S/C13H20BrN3/c1-9-5-6-15-13(12(9)14)17-7-10(2)16(4)11(3)8-17/h5-6,10-11H,7-8H2,1-4H3. The third-order valence-electron chi connectivity index (χ3n) is 3.72. The van der Waals surface area contributed by atoms with Crippen molar-refractivity contribution in [2.24, 2.45) is 0 Å². The number of hydrogen-bond acceptors (Lipinski definition) is 3. The van der Waals surface area contributed by atoms with E-state index < -0.39 is 0 Å². The van der Waals surface area contributed by atoms with Crippen LogP contribution in [0.2, 0.25) is 0 Å². The molecule has 0 spiro atoms. The van der Waals surface area contributed by atoms with Crippen molar-refractivity contribution in [2.75, 3.05) is 25.0 Å². The smallest absolute Gasteiger partial charge is 0.143 e. The normalized spacial score (nSPS) is 26.3. The van der Waals surface area contributed by atoms with Gasteiger partial charge in [-0.1, -0.05) is 0 Å². The molecule has 3 nitrogen and oxygen atoms in total. The summed E-state index contributed by atoms with van der Waals surface area (Å²) in [6.45, 7) is 8.72. The van der Waals surface area contributed by atoms with Gasteiger partial charge in [-0.2, -0.15) is 0 Å². The van der Waals surface area contributed by atoms with E-state index in [1.54, 1.807) is 0 Å². The zero-order valence-corrected chi connectivity index (χ0v) is 12.5. The van der Waals surface area contributed by atoms with Gasteiger partial charge in [0.25, 0.3) is 0 Å². The molecule has 17 heavy (non-hydrogen) atoms. The van der Waals surface area contributed by atoms with Gasteiger partial charge in [0.1, 0.15) is 5.82 Å². The van der Waals surface area contributed by atoms with Crippen LogP contribution in [-0.2, 0) is 0 Å². The summed E-state index contributed by atoms with van der Waals surface area (Å²) in [5.74, 6) is 1.08. The van der Waals surface area contributed by atoms with Crippen LogP contribution in [0.4, 0.5) is 5.82 Å². The summed E-state index contributed by atoms with van der Waals surface area (Å²) in [6, 6.07) is 3.16. The second-order valence-corrected chi connectivity index (χ2v) is 5.83. The minimum atomic E-state index is 0.563. The van der Waals surface area contributed by atoms with E-state index in [9.17, 15) is 0 Å². The molecule has 0 bridgehead atoms. The van der Waals surface area contributed by atoms with Gasteiger partial charge in [0.2, 0.25) is 0 Å². The molecule has 0 aliphatic carbocycles. The van der Waals surface area contributed by atoms with Gasteiger partial charge in [0, 0.05) is 31.4 Å². The highest BCUT2D eigenvalue weighted by atomic mass is 79.9. The molecule has 1 fully saturated rings. The average Bonchev–Trinajstić information content (AvgIpc) is 2.29. The molecule has 1 aliphatic heterocycles. The van der Waals surface area contributed by atoms with E-state index in [0.717, 1.165) is 23.4 Å². The molecule has 0 aromatic carbocycles. The molecule has 1 aromatic rings. The molecule has 1 aliphatic rings. The fourth-order valence-corrected chi connectivity index (χ4v) is 2.81. The van der Waals surface area contributed by atoms with Crippen molar-refractivity contribution >= 4 is 21.7 Å². The van der Waals surface area contributed by atoms with Crippen LogP contribution in [0.15, 0.2) is 16.7 Å². The molecule has 4 heteroatoms. The van der Waals surface area contributed by atoms with Gasteiger partial charge in [0.05, 0.1) is 4.47 Å². The number of piperazine rings is 1. The fraction of sp³-hybridized carbons (Fsp3) is 0.615. The van der Waals surface area contributed by atoms with Crippen LogP contribution in [0.1, 0.15) is 19.4 Å². The van der Waals surface area contributed by atoms with Crippen molar-refractivity contribution in [1.82, 2.24) is 9.88 Å². The maximum Gasteiger partial charge on any atom is 0.143 e. The minimum absolute atomic E-state index is 0.563. The van der Waals surface area contributed by atoms with Crippen molar-refractivity contribution in [3.63, 3.8) is 0 Å². The van der Waals surface area contributed by atoms with E-state index in [-0.39, 0.29) is 0 Å². The quantitative estimate of drug-likeness (QED) is 0.794. The predicted octanol–water partition coefficient (Wildman–Crippen LogP) is 2.68. The lowest BCUT2D eigenvalue weighted by Gasteiger charge is -2.43. The summed E-state index contributed by atoms with van der Waals surface area (Å²) in [5.41, 5.74) is 1.24. The predicted molar refractivity (Wildman–Crippen MR) is 75.6 cm³/mol. The molecular weight excluding hydrogens is 278 g/mol. The summed E-state index contributed by atoms with van der Waals surface area (Å²) >= 11 is 3.65. The van der Waals surface area contributed by atoms with Gasteiger partial charge in [0.15, 0.2) is 0 Å². The first kappa shape index (κ1) is 12.8. The largest absolute Gasteiger partial charge is 0.353 e. The van der Waals surface area contributed by atoms with Gasteiger partial charge in [-0.3, -0.25) is 4.90 Å². The molecule has 0 amide bonds. The monoisotopic (exact) mass is 297 g/mol. The van der Waals surface area contributed by atoms with E-state index in [2.05, 4.69) is 58.5 Å². The first-order valence-electron chi connectivity index (χ1n) is 6.08. The van der Waals surface area contributed by atoms with Crippen molar-refractivity contribution in [1.29, 1.82) is 0 Å². The van der Waals surface area contributed by atoms with Gasteiger partial charge >= 0.3 is 0 Å². The Morgan fingerprint density at radius 1 is 1.29 bits per heavy atom. The number of anilines is 1. The molecule has 0 radical (unpaired) electrons. The zero-order chi connectivity index (χ0) is 12.6. The lowest BCUT2D eigenvalue weighted by atomic mass is 10.1. The Hall–Kier alpha value is -0.610. The molecule has 1 saturated heterocycles. The molecule has 94 valence electrons. The summed E-state index contributed by atoms with van der Waals surface area (Å²) < 4.78 is 1.13. The Morgan fingerprint density at radius 3 is 2.47 bits per heavy atom. The Labute approximate surface area is 112 Å². The zero-order valence-electron chi connectivity index (χ0n) is 10.9. The Bertz CT molecular complexity index is 396. The van der Waals surface area contributed by atoms with Gasteiger partial charge in [-0.05, 0) is 55.4 Å². The molecule has 2 atom stereocenters. The number of rotatable bonds is 1.